The van der Waals surface area contributed by atoms with Crippen LogP contribution in [0, 0.1) is 5.92 Å². The van der Waals surface area contributed by atoms with Crippen molar-refractivity contribution < 1.29 is 9.59 Å². The Kier molecular flexibility index (Phi) is 5.98. The second kappa shape index (κ2) is 7.01. The van der Waals surface area contributed by atoms with E-state index in [9.17, 15) is 9.59 Å². The Morgan fingerprint density at radius 2 is 2.24 bits per heavy atom. The molecule has 1 aliphatic rings. The van der Waals surface area contributed by atoms with Gasteiger partial charge in [-0.25, -0.2) is 0 Å². The van der Waals surface area contributed by atoms with Gasteiger partial charge in [-0.05, 0) is 30.9 Å². The van der Waals surface area contributed by atoms with Crippen molar-refractivity contribution in [3.05, 3.63) is 0 Å². The molecule has 0 aromatic carbocycles. The van der Waals surface area contributed by atoms with Gasteiger partial charge in [0.15, 0.2) is 0 Å². The molecular weight excluding hydrogens is 236 g/mol. The highest BCUT2D eigenvalue weighted by Crippen LogP contribution is 2.14. The predicted octanol–water partition coefficient (Wildman–Crippen LogP) is 1.11. The molecule has 0 bridgehead atoms. The Labute approximate surface area is 108 Å². The van der Waals surface area contributed by atoms with Gasteiger partial charge in [0.1, 0.15) is 0 Å². The van der Waals surface area contributed by atoms with E-state index < -0.39 is 0 Å². The lowest BCUT2D eigenvalue weighted by atomic mass is 10.2. The van der Waals surface area contributed by atoms with E-state index in [-0.39, 0.29) is 17.9 Å². The molecule has 4 nitrogen and oxygen atoms in total. The van der Waals surface area contributed by atoms with Crippen molar-refractivity contribution in [1.29, 1.82) is 0 Å². The maximum absolute atomic E-state index is 11.9. The highest BCUT2D eigenvalue weighted by atomic mass is 32.2. The highest BCUT2D eigenvalue weighted by molar-refractivity contribution is 7.98. The van der Waals surface area contributed by atoms with Gasteiger partial charge in [-0.3, -0.25) is 14.5 Å². The van der Waals surface area contributed by atoms with Crippen LogP contribution in [0.15, 0.2) is 0 Å². The number of amides is 2. The average Bonchev–Trinajstić information content (AvgIpc) is 2.55. The van der Waals surface area contributed by atoms with Gasteiger partial charge in [0.25, 0.3) is 0 Å². The number of imide groups is 1. The number of hydrogen-bond donors (Lipinski definition) is 1. The third-order valence-electron chi connectivity index (χ3n) is 2.86. The van der Waals surface area contributed by atoms with E-state index in [0.29, 0.717) is 18.9 Å². The quantitative estimate of drug-likeness (QED) is 0.695. The summed E-state index contributed by atoms with van der Waals surface area (Å²) in [6, 6.07) is -0.293. The average molecular weight is 258 g/mol. The summed E-state index contributed by atoms with van der Waals surface area (Å²) >= 11 is 1.80. The number of carbonyl (C=O) groups excluding carboxylic acids is 2. The number of nitrogens with zero attached hydrogens (tertiary/aromatic N) is 1. The molecule has 98 valence electrons. The summed E-state index contributed by atoms with van der Waals surface area (Å²) in [6.45, 7) is 5.47. The lowest BCUT2D eigenvalue weighted by Gasteiger charge is -2.16. The van der Waals surface area contributed by atoms with Gasteiger partial charge in [-0.15, -0.1) is 0 Å². The standard InChI is InChI=1S/C12H22N2O2S/c1-4-5-14-11(15)6-10(12(14)16)13-7-9(2)8-17-3/h9-10,13H,4-8H2,1-3H3. The fourth-order valence-corrected chi connectivity index (χ4v) is 2.67. The van der Waals surface area contributed by atoms with Gasteiger partial charge in [-0.1, -0.05) is 13.8 Å². The monoisotopic (exact) mass is 258 g/mol. The summed E-state index contributed by atoms with van der Waals surface area (Å²) in [5.41, 5.74) is 0. The Morgan fingerprint density at radius 1 is 1.53 bits per heavy atom. The predicted molar refractivity (Wildman–Crippen MR) is 71.0 cm³/mol. The third kappa shape index (κ3) is 4.00. The minimum Gasteiger partial charge on any atom is -0.305 e. The van der Waals surface area contributed by atoms with Gasteiger partial charge in [0.2, 0.25) is 11.8 Å². The van der Waals surface area contributed by atoms with E-state index in [0.717, 1.165) is 18.7 Å². The normalized spacial score (nSPS) is 22.3. The van der Waals surface area contributed by atoms with Crippen LogP contribution in [-0.2, 0) is 9.59 Å². The van der Waals surface area contributed by atoms with Crippen LogP contribution in [0.25, 0.3) is 0 Å². The first-order valence-corrected chi connectivity index (χ1v) is 7.56. The summed E-state index contributed by atoms with van der Waals surface area (Å²) < 4.78 is 0. The van der Waals surface area contributed by atoms with E-state index in [4.69, 9.17) is 0 Å². The Balaban J connectivity index is 2.41. The van der Waals surface area contributed by atoms with E-state index in [1.165, 1.54) is 4.90 Å². The van der Waals surface area contributed by atoms with E-state index in [1.54, 1.807) is 11.8 Å². The number of hydrogen-bond acceptors (Lipinski definition) is 4. The molecule has 1 saturated heterocycles. The van der Waals surface area contributed by atoms with Crippen LogP contribution in [0.1, 0.15) is 26.7 Å². The van der Waals surface area contributed by atoms with Gasteiger partial charge in [0, 0.05) is 6.54 Å². The number of carbonyl (C=O) groups is 2. The second-order valence-corrected chi connectivity index (χ2v) is 5.52. The Morgan fingerprint density at radius 3 is 2.82 bits per heavy atom. The van der Waals surface area contributed by atoms with Gasteiger partial charge in [0.05, 0.1) is 12.5 Å². The summed E-state index contributed by atoms with van der Waals surface area (Å²) in [7, 11) is 0. The van der Waals surface area contributed by atoms with Crippen LogP contribution in [0.5, 0.6) is 0 Å². The Hall–Kier alpha value is -0.550. The summed E-state index contributed by atoms with van der Waals surface area (Å²) in [6.07, 6.45) is 3.22. The Bertz CT molecular complexity index is 284. The smallest absolute Gasteiger partial charge is 0.246 e. The van der Waals surface area contributed by atoms with Crippen molar-refractivity contribution in [2.24, 2.45) is 5.92 Å². The summed E-state index contributed by atoms with van der Waals surface area (Å²) in [5.74, 6) is 1.51. The van der Waals surface area contributed by atoms with Crippen molar-refractivity contribution in [2.75, 3.05) is 25.1 Å². The fraction of sp³-hybridized carbons (Fsp3) is 0.833. The third-order valence-corrected chi connectivity index (χ3v) is 3.76. The van der Waals surface area contributed by atoms with Crippen LogP contribution in [0.4, 0.5) is 0 Å². The van der Waals surface area contributed by atoms with E-state index in [1.807, 2.05) is 6.92 Å². The van der Waals surface area contributed by atoms with Gasteiger partial charge in [-0.2, -0.15) is 11.8 Å². The second-order valence-electron chi connectivity index (χ2n) is 4.61. The molecule has 2 unspecified atom stereocenters. The first kappa shape index (κ1) is 14.5. The molecule has 1 fully saturated rings. The van der Waals surface area contributed by atoms with Crippen LogP contribution in [0.2, 0.25) is 0 Å². The number of nitrogens with one attached hydrogen (secondary N) is 1. The van der Waals surface area contributed by atoms with Crippen molar-refractivity contribution >= 4 is 23.6 Å². The molecule has 2 amide bonds. The van der Waals surface area contributed by atoms with Gasteiger partial charge < -0.3 is 5.32 Å². The lowest BCUT2D eigenvalue weighted by Crippen LogP contribution is -2.40. The molecule has 17 heavy (non-hydrogen) atoms. The van der Waals surface area contributed by atoms with Crippen LogP contribution in [0.3, 0.4) is 0 Å². The molecule has 1 aliphatic heterocycles. The van der Waals surface area contributed by atoms with E-state index in [2.05, 4.69) is 18.5 Å². The SMILES string of the molecule is CCCN1C(=O)CC(NCC(C)CSC)C1=O. The topological polar surface area (TPSA) is 49.4 Å². The molecule has 0 radical (unpaired) electrons. The van der Waals surface area contributed by atoms with Crippen molar-refractivity contribution in [3.63, 3.8) is 0 Å². The number of thioether (sulfide) groups is 1. The van der Waals surface area contributed by atoms with Crippen LogP contribution in [-0.4, -0.2) is 47.9 Å². The maximum Gasteiger partial charge on any atom is 0.246 e. The zero-order valence-electron chi connectivity index (χ0n) is 10.9. The largest absolute Gasteiger partial charge is 0.305 e. The molecule has 0 aromatic rings. The van der Waals surface area contributed by atoms with Crippen molar-refractivity contribution in [2.45, 2.75) is 32.7 Å². The molecule has 1 N–H and O–H groups in total. The van der Waals surface area contributed by atoms with Crippen LogP contribution < -0.4 is 5.32 Å². The van der Waals surface area contributed by atoms with Crippen LogP contribution >= 0.6 is 11.8 Å². The molecule has 0 aliphatic carbocycles. The zero-order valence-corrected chi connectivity index (χ0v) is 11.7. The maximum atomic E-state index is 11.9. The summed E-state index contributed by atoms with van der Waals surface area (Å²) in [5, 5.41) is 3.21. The molecule has 0 aromatic heterocycles. The fourth-order valence-electron chi connectivity index (χ4n) is 1.99. The molecule has 0 spiro atoms. The first-order valence-electron chi connectivity index (χ1n) is 6.16. The van der Waals surface area contributed by atoms with Crippen molar-refractivity contribution in [3.8, 4) is 0 Å². The van der Waals surface area contributed by atoms with Gasteiger partial charge >= 0.3 is 0 Å². The number of rotatable bonds is 7. The molecule has 5 heteroatoms. The molecule has 0 saturated carbocycles. The molecule has 1 rings (SSSR count). The minimum atomic E-state index is -0.293. The summed E-state index contributed by atoms with van der Waals surface area (Å²) in [4.78, 5) is 24.9. The molecular formula is C12H22N2O2S. The number of likely N-dealkylation sites (tertiary alicyclic amines) is 1. The first-order chi connectivity index (χ1) is 8.10. The highest BCUT2D eigenvalue weighted by Gasteiger charge is 2.37. The zero-order chi connectivity index (χ0) is 12.8. The van der Waals surface area contributed by atoms with E-state index >= 15 is 0 Å². The molecule has 2 atom stereocenters. The minimum absolute atomic E-state index is 0.0353. The molecule has 1 heterocycles. The lowest BCUT2D eigenvalue weighted by molar-refractivity contribution is -0.138. The van der Waals surface area contributed by atoms with Crippen molar-refractivity contribution in [1.82, 2.24) is 10.2 Å².